The zero-order chi connectivity index (χ0) is 26.6. The van der Waals surface area contributed by atoms with Crippen LogP contribution >= 0.6 is 0 Å². The predicted molar refractivity (Wildman–Crippen MR) is 151 cm³/mol. The number of carbonyl (C=O) groups is 1. The molecule has 0 spiro atoms. The zero-order valence-electron chi connectivity index (χ0n) is 23.4. The molecule has 0 bridgehead atoms. The minimum atomic E-state index is -1.08. The van der Waals surface area contributed by atoms with E-state index < -0.39 is 5.79 Å². The smallest absolute Gasteiger partial charge is 0.169 e. The Morgan fingerprint density at radius 3 is 2.24 bits per heavy atom. The Morgan fingerprint density at radius 1 is 0.895 bits per heavy atom. The molecule has 6 rings (SSSR count). The number of carbonyl (C=O) groups excluding carboxylic acids is 1. The van der Waals surface area contributed by atoms with Crippen LogP contribution in [0, 0.1) is 34.0 Å². The van der Waals surface area contributed by atoms with Crippen molar-refractivity contribution in [3.63, 3.8) is 0 Å². The molecule has 3 fully saturated rings. The molecule has 7 unspecified atom stereocenters. The van der Waals surface area contributed by atoms with Crippen LogP contribution < -0.4 is 0 Å². The molecule has 0 heterocycles. The molecule has 1 N–H and O–H groups in total. The highest BCUT2D eigenvalue weighted by molar-refractivity contribution is 5.84. The number of Topliss-reactive ketones (excluding diaryl/α,β-unsaturated/α-hetero) is 1. The molecule has 0 aliphatic heterocycles. The number of rotatable bonds is 6. The third-order valence-corrected chi connectivity index (χ3v) is 11.9. The van der Waals surface area contributed by atoms with E-state index in [4.69, 9.17) is 4.74 Å². The number of allylic oxidation sites excluding steroid dienone is 1. The molecule has 38 heavy (non-hydrogen) atoms. The summed E-state index contributed by atoms with van der Waals surface area (Å²) in [5.74, 6) is 1.14. The fraction of sp³-hybridized carbons (Fsp3) is 0.571. The highest BCUT2D eigenvalue weighted by Gasteiger charge is 2.65. The van der Waals surface area contributed by atoms with Crippen molar-refractivity contribution in [3.05, 3.63) is 83.4 Å². The lowest BCUT2D eigenvalue weighted by atomic mass is 9.44. The fourth-order valence-electron chi connectivity index (χ4n) is 9.60. The molecule has 0 saturated heterocycles. The maximum absolute atomic E-state index is 13.5. The van der Waals surface area contributed by atoms with Crippen molar-refractivity contribution in [3.8, 4) is 0 Å². The van der Waals surface area contributed by atoms with E-state index in [1.54, 1.807) is 0 Å². The minimum Gasteiger partial charge on any atom is -0.365 e. The van der Waals surface area contributed by atoms with Crippen LogP contribution in [0.15, 0.2) is 72.3 Å². The lowest BCUT2D eigenvalue weighted by molar-refractivity contribution is -0.231. The van der Waals surface area contributed by atoms with Crippen LogP contribution in [0.2, 0.25) is 0 Å². The number of ether oxygens (including phenoxy) is 1. The van der Waals surface area contributed by atoms with Gasteiger partial charge in [0.05, 0.1) is 6.61 Å². The number of ketones is 1. The summed E-state index contributed by atoms with van der Waals surface area (Å²) in [5, 5.41) is 11.4. The van der Waals surface area contributed by atoms with Crippen LogP contribution in [0.3, 0.4) is 0 Å². The Kier molecular flexibility index (Phi) is 6.47. The Labute approximate surface area is 228 Å². The van der Waals surface area contributed by atoms with Crippen molar-refractivity contribution in [2.45, 2.75) is 91.0 Å². The number of hydrogen-bond donors (Lipinski definition) is 1. The van der Waals surface area contributed by atoms with Gasteiger partial charge in [0, 0.05) is 18.3 Å². The standard InChI is InChI=1S/C35H44O3/c1-25(36)34(22-26-10-6-4-7-11-26)19-17-31-29-15-14-28-23-35(37,38-24-27-12-8-5-9-13-27)21-20-32(28,2)30(29)16-18-33(31,34)3/h4-14,29-31,37H,15-24H2,1-3H3. The third kappa shape index (κ3) is 4.04. The van der Waals surface area contributed by atoms with Crippen LogP contribution in [0.1, 0.15) is 83.3 Å². The number of aliphatic hydroxyl groups is 1. The molecular formula is C35H44O3. The molecule has 0 aromatic heterocycles. The van der Waals surface area contributed by atoms with Gasteiger partial charge in [-0.3, -0.25) is 4.79 Å². The summed E-state index contributed by atoms with van der Waals surface area (Å²) in [7, 11) is 0. The first-order valence-corrected chi connectivity index (χ1v) is 14.8. The van der Waals surface area contributed by atoms with Crippen molar-refractivity contribution in [2.75, 3.05) is 0 Å². The molecule has 3 nitrogen and oxygen atoms in total. The SMILES string of the molecule is CC(=O)C1(Cc2ccccc2)CCC2C3CC=C4CC(O)(OCc5ccccc5)CCC4(C)C3CCC21C. The Hall–Kier alpha value is -2.23. The second-order valence-electron chi connectivity index (χ2n) is 13.5. The fourth-order valence-corrected chi connectivity index (χ4v) is 9.60. The van der Waals surface area contributed by atoms with Crippen LogP contribution in [0.4, 0.5) is 0 Å². The largest absolute Gasteiger partial charge is 0.365 e. The molecule has 3 heteroatoms. The number of hydrogen-bond acceptors (Lipinski definition) is 3. The lowest BCUT2D eigenvalue weighted by Gasteiger charge is -2.60. The number of fused-ring (bicyclic) bond motifs is 5. The monoisotopic (exact) mass is 512 g/mol. The summed E-state index contributed by atoms with van der Waals surface area (Å²) < 4.78 is 6.16. The van der Waals surface area contributed by atoms with Crippen LogP contribution in [0.25, 0.3) is 0 Å². The van der Waals surface area contributed by atoms with Crippen LogP contribution in [-0.4, -0.2) is 16.7 Å². The van der Waals surface area contributed by atoms with Gasteiger partial charge in [0.15, 0.2) is 5.79 Å². The number of benzene rings is 2. The van der Waals surface area contributed by atoms with E-state index in [2.05, 4.69) is 62.4 Å². The summed E-state index contributed by atoms with van der Waals surface area (Å²) in [4.78, 5) is 13.5. The van der Waals surface area contributed by atoms with Gasteiger partial charge < -0.3 is 9.84 Å². The Bertz CT molecular complexity index is 1200. The summed E-state index contributed by atoms with van der Waals surface area (Å²) in [6, 6.07) is 20.8. The second-order valence-corrected chi connectivity index (χ2v) is 13.5. The van der Waals surface area contributed by atoms with E-state index in [1.807, 2.05) is 25.1 Å². The third-order valence-electron chi connectivity index (χ3n) is 11.9. The van der Waals surface area contributed by atoms with E-state index in [9.17, 15) is 9.90 Å². The minimum absolute atomic E-state index is 0.0474. The molecule has 3 saturated carbocycles. The molecular weight excluding hydrogens is 468 g/mol. The molecule has 4 aliphatic carbocycles. The molecule has 2 aromatic rings. The van der Waals surface area contributed by atoms with E-state index in [-0.39, 0.29) is 16.2 Å². The van der Waals surface area contributed by atoms with Crippen molar-refractivity contribution in [1.82, 2.24) is 0 Å². The first kappa shape index (κ1) is 26.0. The first-order valence-electron chi connectivity index (χ1n) is 14.8. The van der Waals surface area contributed by atoms with Crippen molar-refractivity contribution >= 4 is 5.78 Å². The Morgan fingerprint density at radius 2 is 1.55 bits per heavy atom. The quantitative estimate of drug-likeness (QED) is 0.319. The van der Waals surface area contributed by atoms with Gasteiger partial charge >= 0.3 is 0 Å². The molecule has 202 valence electrons. The average molecular weight is 513 g/mol. The molecule has 2 aromatic carbocycles. The maximum atomic E-state index is 13.5. The summed E-state index contributed by atoms with van der Waals surface area (Å²) in [6.07, 6.45) is 11.2. The van der Waals surface area contributed by atoms with Crippen LogP contribution in [-0.2, 0) is 22.6 Å². The lowest BCUT2D eigenvalue weighted by Crippen LogP contribution is -2.55. The maximum Gasteiger partial charge on any atom is 0.169 e. The molecule has 4 aliphatic rings. The summed E-state index contributed by atoms with van der Waals surface area (Å²) >= 11 is 0. The van der Waals surface area contributed by atoms with Gasteiger partial charge in [0.25, 0.3) is 0 Å². The normalized spacial score (nSPS) is 40.0. The molecule has 0 radical (unpaired) electrons. The van der Waals surface area contributed by atoms with E-state index >= 15 is 0 Å². The van der Waals surface area contributed by atoms with Crippen LogP contribution in [0.5, 0.6) is 0 Å². The molecule has 0 amide bonds. The van der Waals surface area contributed by atoms with Gasteiger partial charge in [-0.2, -0.15) is 0 Å². The van der Waals surface area contributed by atoms with E-state index in [0.29, 0.717) is 43.0 Å². The Balaban J connectivity index is 1.23. The van der Waals surface area contributed by atoms with E-state index in [1.165, 1.54) is 17.6 Å². The van der Waals surface area contributed by atoms with Crippen molar-refractivity contribution in [1.29, 1.82) is 0 Å². The van der Waals surface area contributed by atoms with E-state index in [0.717, 1.165) is 44.1 Å². The van der Waals surface area contributed by atoms with Gasteiger partial charge in [0.1, 0.15) is 5.78 Å². The predicted octanol–water partition coefficient (Wildman–Crippen LogP) is 7.67. The first-order chi connectivity index (χ1) is 18.2. The van der Waals surface area contributed by atoms with Gasteiger partial charge in [0.2, 0.25) is 0 Å². The average Bonchev–Trinajstić information content (AvgIpc) is 3.22. The highest BCUT2D eigenvalue weighted by atomic mass is 16.6. The highest BCUT2D eigenvalue weighted by Crippen LogP contribution is 2.70. The van der Waals surface area contributed by atoms with Crippen molar-refractivity contribution in [2.24, 2.45) is 34.0 Å². The summed E-state index contributed by atoms with van der Waals surface area (Å²) in [6.45, 7) is 7.23. The van der Waals surface area contributed by atoms with Gasteiger partial charge in [-0.15, -0.1) is 0 Å². The van der Waals surface area contributed by atoms with Gasteiger partial charge in [-0.1, -0.05) is 86.2 Å². The topological polar surface area (TPSA) is 46.5 Å². The van der Waals surface area contributed by atoms with Crippen molar-refractivity contribution < 1.29 is 14.6 Å². The summed E-state index contributed by atoms with van der Waals surface area (Å²) in [5.41, 5.74) is 3.71. The van der Waals surface area contributed by atoms with Gasteiger partial charge in [-0.25, -0.2) is 0 Å². The zero-order valence-corrected chi connectivity index (χ0v) is 23.4. The molecule has 7 atom stereocenters. The second kappa shape index (κ2) is 9.45. The van der Waals surface area contributed by atoms with Gasteiger partial charge in [-0.05, 0) is 91.6 Å².